The summed E-state index contributed by atoms with van der Waals surface area (Å²) in [5.41, 5.74) is 10.4. The van der Waals surface area contributed by atoms with Gasteiger partial charge in [-0.2, -0.15) is 0 Å². The average molecular weight is 618 g/mol. The van der Waals surface area contributed by atoms with E-state index in [0.717, 1.165) is 43.3 Å². The van der Waals surface area contributed by atoms with Gasteiger partial charge >= 0.3 is 0 Å². The molecule has 2 amide bonds. The highest BCUT2D eigenvalue weighted by Gasteiger charge is 2.35. The third kappa shape index (κ3) is 6.63. The second-order valence-corrected chi connectivity index (χ2v) is 11.3. The van der Waals surface area contributed by atoms with Crippen LogP contribution in [0.4, 0.5) is 11.8 Å². The fourth-order valence-corrected chi connectivity index (χ4v) is 5.40. The third-order valence-corrected chi connectivity index (χ3v) is 8.11. The maximum absolute atomic E-state index is 13.5. The van der Waals surface area contributed by atoms with Gasteiger partial charge in [-0.3, -0.25) is 9.59 Å². The number of pyridine rings is 1. The van der Waals surface area contributed by atoms with Crippen molar-refractivity contribution in [2.24, 2.45) is 5.11 Å². The van der Waals surface area contributed by atoms with Gasteiger partial charge in [0.1, 0.15) is 11.9 Å². The molecule has 2 aliphatic heterocycles. The zero-order valence-electron chi connectivity index (χ0n) is 25.1. The molecule has 5 rings (SSSR count). The summed E-state index contributed by atoms with van der Waals surface area (Å²) in [4.78, 5) is 46.4. The number of aromatic nitrogens is 3. The number of likely N-dealkylation sites (N-methyl/N-ethyl adjacent to an activating group) is 1. The van der Waals surface area contributed by atoms with E-state index in [2.05, 4.69) is 47.9 Å². The molecule has 1 fully saturated rings. The number of rotatable bonds is 10. The number of amides is 2. The van der Waals surface area contributed by atoms with Crippen molar-refractivity contribution >= 4 is 35.2 Å². The molecule has 0 aliphatic carbocycles. The van der Waals surface area contributed by atoms with E-state index < -0.39 is 6.04 Å². The normalized spacial score (nSPS) is 16.8. The molecule has 0 radical (unpaired) electrons. The largest absolute Gasteiger partial charge is 0.391 e. The van der Waals surface area contributed by atoms with Gasteiger partial charge in [-0.1, -0.05) is 29.8 Å². The Morgan fingerprint density at radius 2 is 1.91 bits per heavy atom. The van der Waals surface area contributed by atoms with Crippen molar-refractivity contribution in [1.29, 1.82) is 5.53 Å². The number of carbonyl (C=O) groups excluding carboxylic acids is 2. The van der Waals surface area contributed by atoms with Crippen molar-refractivity contribution in [2.45, 2.75) is 32.5 Å². The fourth-order valence-electron chi connectivity index (χ4n) is 5.20. The number of hydrogen-bond acceptors (Lipinski definition) is 11. The Kier molecular flexibility index (Phi) is 9.35. The highest BCUT2D eigenvalue weighted by molar-refractivity contribution is 6.33. The molecule has 0 bridgehead atoms. The predicted molar refractivity (Wildman–Crippen MR) is 168 cm³/mol. The minimum atomic E-state index is -0.703. The number of carbonyl (C=O) groups is 2. The van der Waals surface area contributed by atoms with Crippen LogP contribution in [-0.2, 0) is 11.3 Å². The zero-order chi connectivity index (χ0) is 31.4. The van der Waals surface area contributed by atoms with Gasteiger partial charge in [-0.25, -0.2) is 20.5 Å². The van der Waals surface area contributed by atoms with Crippen molar-refractivity contribution in [1.82, 2.24) is 35.4 Å². The summed E-state index contributed by atoms with van der Waals surface area (Å²) >= 11 is 6.43. The Labute approximate surface area is 261 Å². The van der Waals surface area contributed by atoms with Gasteiger partial charge in [-0.05, 0) is 44.7 Å². The summed E-state index contributed by atoms with van der Waals surface area (Å²) < 4.78 is 0. The molecule has 3 aromatic rings. The molecular formula is C30H36ClN11O2. The molecule has 1 unspecified atom stereocenters. The molecule has 230 valence electrons. The van der Waals surface area contributed by atoms with Crippen LogP contribution in [0.2, 0.25) is 5.02 Å². The lowest BCUT2D eigenvalue weighted by Gasteiger charge is -2.33. The standard InChI is InChI=1S/C30H36ClN11O2/c1-18(24-6-5-7-26(36-24)41-12-10-40(4)11-13-41)35-28(43)19(2)42-17-21-9-8-20(14-22(21)29(42)44)27-23(31)15-34-30(38-27)37-25(39-32)16-33-3/h5-9,14-16,18-19,32-33H,10-13,17H2,1-4H3,(H,35,43)(H,34,37,38)/b25-16-,39-32?/t18?,19-/m1/s1. The summed E-state index contributed by atoms with van der Waals surface area (Å²) in [6.07, 6.45) is 2.94. The van der Waals surface area contributed by atoms with Crippen LogP contribution in [-0.4, -0.2) is 82.9 Å². The lowest BCUT2D eigenvalue weighted by atomic mass is 10.0. The van der Waals surface area contributed by atoms with Gasteiger partial charge in [0.15, 0.2) is 5.82 Å². The first-order valence-electron chi connectivity index (χ1n) is 14.4. The SMILES string of the molecule is CN/C=C(\N=N)Nc1ncc(Cl)c(-c2ccc3c(c2)C(=O)N([C@H](C)C(=O)NC(C)c2cccc(N4CCN(C)CC4)n2)C3)n1. The van der Waals surface area contributed by atoms with Gasteiger partial charge < -0.3 is 30.7 Å². The Morgan fingerprint density at radius 3 is 2.64 bits per heavy atom. The Balaban J connectivity index is 1.27. The van der Waals surface area contributed by atoms with Crippen molar-refractivity contribution in [3.63, 3.8) is 0 Å². The molecule has 14 heteroatoms. The van der Waals surface area contributed by atoms with Crippen LogP contribution in [0.5, 0.6) is 0 Å². The highest BCUT2D eigenvalue weighted by atomic mass is 35.5. The van der Waals surface area contributed by atoms with Crippen LogP contribution in [0.3, 0.4) is 0 Å². The molecule has 44 heavy (non-hydrogen) atoms. The van der Waals surface area contributed by atoms with Crippen molar-refractivity contribution < 1.29 is 9.59 Å². The van der Waals surface area contributed by atoms with Crippen LogP contribution < -0.4 is 20.9 Å². The van der Waals surface area contributed by atoms with Crippen LogP contribution in [0, 0.1) is 5.53 Å². The van der Waals surface area contributed by atoms with Crippen LogP contribution in [0.25, 0.3) is 11.3 Å². The topological polar surface area (TPSA) is 155 Å². The van der Waals surface area contributed by atoms with E-state index in [1.807, 2.05) is 37.3 Å². The molecular weight excluding hydrogens is 582 g/mol. The highest BCUT2D eigenvalue weighted by Crippen LogP contribution is 2.32. The molecule has 4 N–H and O–H groups in total. The van der Waals surface area contributed by atoms with Gasteiger partial charge in [0, 0.05) is 57.1 Å². The maximum Gasteiger partial charge on any atom is 0.255 e. The van der Waals surface area contributed by atoms with Crippen LogP contribution >= 0.6 is 11.6 Å². The Morgan fingerprint density at radius 1 is 1.14 bits per heavy atom. The van der Waals surface area contributed by atoms with Gasteiger partial charge in [0.25, 0.3) is 5.91 Å². The molecule has 4 heterocycles. The van der Waals surface area contributed by atoms with Crippen molar-refractivity contribution in [2.75, 3.05) is 50.5 Å². The quantitative estimate of drug-likeness (QED) is 0.250. The minimum absolute atomic E-state index is 0.193. The van der Waals surface area contributed by atoms with E-state index >= 15 is 0 Å². The number of benzene rings is 1. The lowest BCUT2D eigenvalue weighted by Crippen LogP contribution is -2.46. The molecule has 2 aromatic heterocycles. The van der Waals surface area contributed by atoms with Crippen LogP contribution in [0.15, 0.2) is 59.7 Å². The predicted octanol–water partition coefficient (Wildman–Crippen LogP) is 3.63. The number of hydrogen-bond donors (Lipinski definition) is 4. The van der Waals surface area contributed by atoms with Gasteiger partial charge in [0.05, 0.1) is 28.6 Å². The zero-order valence-corrected chi connectivity index (χ0v) is 25.9. The smallest absolute Gasteiger partial charge is 0.255 e. The Hall–Kier alpha value is -4.62. The second-order valence-electron chi connectivity index (χ2n) is 10.9. The number of nitrogens with zero attached hydrogens (tertiary/aromatic N) is 7. The molecule has 2 atom stereocenters. The number of anilines is 2. The average Bonchev–Trinajstić information content (AvgIpc) is 3.36. The summed E-state index contributed by atoms with van der Waals surface area (Å²) in [5, 5.41) is 12.4. The second kappa shape index (κ2) is 13.3. The molecule has 13 nitrogen and oxygen atoms in total. The summed E-state index contributed by atoms with van der Waals surface area (Å²) in [5.74, 6) is 0.797. The summed E-state index contributed by atoms with van der Waals surface area (Å²) in [6.45, 7) is 7.71. The fraction of sp³-hybridized carbons (Fsp3) is 0.367. The summed E-state index contributed by atoms with van der Waals surface area (Å²) in [7, 11) is 3.80. The number of fused-ring (bicyclic) bond motifs is 1. The number of piperazine rings is 1. The molecule has 2 aliphatic rings. The van der Waals surface area contributed by atoms with E-state index in [1.54, 1.807) is 24.9 Å². The van der Waals surface area contributed by atoms with E-state index in [-0.39, 0.29) is 29.6 Å². The van der Waals surface area contributed by atoms with E-state index in [1.165, 1.54) is 12.4 Å². The van der Waals surface area contributed by atoms with E-state index in [9.17, 15) is 9.59 Å². The van der Waals surface area contributed by atoms with Crippen molar-refractivity contribution in [3.8, 4) is 11.3 Å². The molecule has 1 aromatic carbocycles. The van der Waals surface area contributed by atoms with E-state index in [0.29, 0.717) is 28.4 Å². The maximum atomic E-state index is 13.5. The van der Waals surface area contributed by atoms with Gasteiger partial charge in [-0.15, -0.1) is 5.11 Å². The number of nitrogens with one attached hydrogen (secondary N) is 4. The lowest BCUT2D eigenvalue weighted by molar-refractivity contribution is -0.125. The van der Waals surface area contributed by atoms with E-state index in [4.69, 9.17) is 22.1 Å². The van der Waals surface area contributed by atoms with Gasteiger partial charge in [0.2, 0.25) is 11.9 Å². The monoisotopic (exact) mass is 617 g/mol. The van der Waals surface area contributed by atoms with Crippen LogP contribution in [0.1, 0.15) is 41.5 Å². The first-order chi connectivity index (χ1) is 21.2. The molecule has 1 saturated heterocycles. The first kappa shape index (κ1) is 30.8. The Bertz CT molecular complexity index is 1590. The third-order valence-electron chi connectivity index (χ3n) is 7.83. The molecule has 0 spiro atoms. The summed E-state index contributed by atoms with van der Waals surface area (Å²) in [6, 6.07) is 10.2. The number of halogens is 1. The minimum Gasteiger partial charge on any atom is -0.391 e. The molecule has 0 saturated carbocycles. The van der Waals surface area contributed by atoms with Crippen molar-refractivity contribution in [3.05, 3.63) is 76.5 Å². The first-order valence-corrected chi connectivity index (χ1v) is 14.8.